The van der Waals surface area contributed by atoms with Crippen molar-refractivity contribution >= 4 is 22.6 Å². The van der Waals surface area contributed by atoms with Gasteiger partial charge in [-0.2, -0.15) is 0 Å². The Morgan fingerprint density at radius 2 is 2.33 bits per heavy atom. The lowest BCUT2D eigenvalue weighted by Crippen LogP contribution is -2.46. The molecule has 0 radical (unpaired) electrons. The number of hydrogen-bond donors (Lipinski definition) is 4. The topological polar surface area (TPSA) is 77.2 Å². The standard InChI is InChI=1S/C16H21N3O2/c1-16(10-20)7-2-3-14(16)19-15(21)18-12-4-5-13-11(9-12)6-8-17-13/h4-6,8-9,14,17,20H,2-3,7,10H2,1H3,(H2,18,19,21). The van der Waals surface area contributed by atoms with Crippen LogP contribution in [0.15, 0.2) is 30.5 Å². The lowest BCUT2D eigenvalue weighted by molar-refractivity contribution is 0.122. The molecule has 1 aliphatic rings. The molecule has 1 heterocycles. The normalized spacial score (nSPS) is 25.1. The number of H-pyrrole nitrogens is 1. The summed E-state index contributed by atoms with van der Waals surface area (Å²) in [5, 5.41) is 16.4. The zero-order chi connectivity index (χ0) is 14.9. The summed E-state index contributed by atoms with van der Waals surface area (Å²) < 4.78 is 0. The summed E-state index contributed by atoms with van der Waals surface area (Å²) in [4.78, 5) is 15.3. The van der Waals surface area contributed by atoms with Crippen LogP contribution < -0.4 is 10.6 Å². The third-order valence-electron chi connectivity index (χ3n) is 4.56. The van der Waals surface area contributed by atoms with Crippen molar-refractivity contribution in [3.8, 4) is 0 Å². The number of aromatic amines is 1. The molecule has 0 bridgehead atoms. The number of aromatic nitrogens is 1. The maximum atomic E-state index is 12.1. The SMILES string of the molecule is CC1(CO)CCCC1NC(=O)Nc1ccc2[nH]ccc2c1. The van der Waals surface area contributed by atoms with Gasteiger partial charge in [-0.05, 0) is 37.1 Å². The first-order valence-corrected chi connectivity index (χ1v) is 7.36. The summed E-state index contributed by atoms with van der Waals surface area (Å²) in [5.74, 6) is 0. The lowest BCUT2D eigenvalue weighted by atomic mass is 9.86. The minimum Gasteiger partial charge on any atom is -0.396 e. The van der Waals surface area contributed by atoms with Crippen LogP contribution in [0.3, 0.4) is 0 Å². The van der Waals surface area contributed by atoms with Gasteiger partial charge in [0.1, 0.15) is 0 Å². The van der Waals surface area contributed by atoms with Crippen LogP contribution >= 0.6 is 0 Å². The van der Waals surface area contributed by atoms with Crippen LogP contribution in [-0.2, 0) is 0 Å². The molecule has 4 N–H and O–H groups in total. The molecule has 2 amide bonds. The predicted molar refractivity (Wildman–Crippen MR) is 83.3 cm³/mol. The first kappa shape index (κ1) is 13.9. The van der Waals surface area contributed by atoms with Gasteiger partial charge in [-0.1, -0.05) is 13.3 Å². The second-order valence-corrected chi connectivity index (χ2v) is 6.14. The van der Waals surface area contributed by atoms with E-state index in [-0.39, 0.29) is 24.1 Å². The lowest BCUT2D eigenvalue weighted by Gasteiger charge is -2.30. The summed E-state index contributed by atoms with van der Waals surface area (Å²) in [6, 6.07) is 7.54. The molecule has 1 aromatic heterocycles. The van der Waals surface area contributed by atoms with Gasteiger partial charge in [0.05, 0.1) is 6.61 Å². The summed E-state index contributed by atoms with van der Waals surface area (Å²) in [7, 11) is 0. The number of aliphatic hydroxyl groups excluding tert-OH is 1. The number of amides is 2. The molecular formula is C16H21N3O2. The van der Waals surface area contributed by atoms with Gasteiger partial charge in [0, 0.05) is 34.2 Å². The second kappa shape index (κ2) is 5.41. The zero-order valence-corrected chi connectivity index (χ0v) is 12.1. The van der Waals surface area contributed by atoms with Crippen LogP contribution in [0.5, 0.6) is 0 Å². The maximum absolute atomic E-state index is 12.1. The zero-order valence-electron chi connectivity index (χ0n) is 12.1. The molecule has 21 heavy (non-hydrogen) atoms. The Kier molecular flexibility index (Phi) is 3.59. The van der Waals surface area contributed by atoms with Gasteiger partial charge in [-0.25, -0.2) is 4.79 Å². The van der Waals surface area contributed by atoms with Crippen molar-refractivity contribution in [1.82, 2.24) is 10.3 Å². The number of carbonyl (C=O) groups excluding carboxylic acids is 1. The number of rotatable bonds is 3. The van der Waals surface area contributed by atoms with E-state index in [2.05, 4.69) is 15.6 Å². The van der Waals surface area contributed by atoms with E-state index in [4.69, 9.17) is 0 Å². The van der Waals surface area contributed by atoms with E-state index in [0.717, 1.165) is 35.9 Å². The van der Waals surface area contributed by atoms with E-state index in [0.29, 0.717) is 0 Å². The van der Waals surface area contributed by atoms with E-state index in [1.807, 2.05) is 37.4 Å². The van der Waals surface area contributed by atoms with Crippen molar-refractivity contribution in [3.05, 3.63) is 30.5 Å². The quantitative estimate of drug-likeness (QED) is 0.700. The van der Waals surface area contributed by atoms with Gasteiger partial charge >= 0.3 is 6.03 Å². The molecule has 3 rings (SSSR count). The minimum atomic E-state index is -0.212. The summed E-state index contributed by atoms with van der Waals surface area (Å²) in [5.41, 5.74) is 1.61. The Bertz CT molecular complexity index is 652. The van der Waals surface area contributed by atoms with E-state index >= 15 is 0 Å². The molecule has 112 valence electrons. The van der Waals surface area contributed by atoms with Crippen molar-refractivity contribution < 1.29 is 9.90 Å². The van der Waals surface area contributed by atoms with Crippen molar-refractivity contribution in [2.24, 2.45) is 5.41 Å². The summed E-state index contributed by atoms with van der Waals surface area (Å²) in [6.45, 7) is 2.13. The van der Waals surface area contributed by atoms with Gasteiger partial charge in [-0.3, -0.25) is 0 Å². The summed E-state index contributed by atoms with van der Waals surface area (Å²) >= 11 is 0. The Morgan fingerprint density at radius 3 is 3.14 bits per heavy atom. The van der Waals surface area contributed by atoms with Crippen molar-refractivity contribution in [2.75, 3.05) is 11.9 Å². The minimum absolute atomic E-state index is 0.0264. The van der Waals surface area contributed by atoms with E-state index in [9.17, 15) is 9.90 Å². The maximum Gasteiger partial charge on any atom is 0.319 e. The smallest absolute Gasteiger partial charge is 0.319 e. The first-order valence-electron chi connectivity index (χ1n) is 7.36. The monoisotopic (exact) mass is 287 g/mol. The first-order chi connectivity index (χ1) is 10.1. The largest absolute Gasteiger partial charge is 0.396 e. The number of anilines is 1. The van der Waals surface area contributed by atoms with Crippen LogP contribution in [0.1, 0.15) is 26.2 Å². The van der Waals surface area contributed by atoms with Crippen molar-refractivity contribution in [3.63, 3.8) is 0 Å². The fraction of sp³-hybridized carbons (Fsp3) is 0.438. The number of hydrogen-bond acceptors (Lipinski definition) is 2. The second-order valence-electron chi connectivity index (χ2n) is 6.14. The van der Waals surface area contributed by atoms with Crippen molar-refractivity contribution in [1.29, 1.82) is 0 Å². The average Bonchev–Trinajstić information content (AvgIpc) is 3.06. The van der Waals surface area contributed by atoms with Gasteiger partial charge in [-0.15, -0.1) is 0 Å². The molecule has 1 aliphatic carbocycles. The Morgan fingerprint density at radius 1 is 1.48 bits per heavy atom. The van der Waals surface area contributed by atoms with Crippen LogP contribution in [-0.4, -0.2) is 28.8 Å². The number of carbonyl (C=O) groups is 1. The Hall–Kier alpha value is -2.01. The molecule has 5 heteroatoms. The highest BCUT2D eigenvalue weighted by atomic mass is 16.3. The molecule has 2 atom stereocenters. The fourth-order valence-electron chi connectivity index (χ4n) is 3.12. The van der Waals surface area contributed by atoms with Crippen LogP contribution in [0, 0.1) is 5.41 Å². The number of aliphatic hydroxyl groups is 1. The predicted octanol–water partition coefficient (Wildman–Crippen LogP) is 2.84. The highest BCUT2D eigenvalue weighted by Gasteiger charge is 2.39. The van der Waals surface area contributed by atoms with Crippen LogP contribution in [0.4, 0.5) is 10.5 Å². The number of nitrogens with one attached hydrogen (secondary N) is 3. The average molecular weight is 287 g/mol. The third-order valence-corrected chi connectivity index (χ3v) is 4.56. The molecule has 1 aromatic carbocycles. The van der Waals surface area contributed by atoms with Crippen molar-refractivity contribution in [2.45, 2.75) is 32.2 Å². The third kappa shape index (κ3) is 2.74. The number of fused-ring (bicyclic) bond motifs is 1. The number of benzene rings is 1. The molecule has 2 unspecified atom stereocenters. The van der Waals surface area contributed by atoms with Crippen LogP contribution in [0.25, 0.3) is 10.9 Å². The highest BCUT2D eigenvalue weighted by molar-refractivity contribution is 5.92. The number of urea groups is 1. The molecule has 1 saturated carbocycles. The van der Waals surface area contributed by atoms with Gasteiger partial charge in [0.25, 0.3) is 0 Å². The van der Waals surface area contributed by atoms with Gasteiger partial charge in [0.2, 0.25) is 0 Å². The molecule has 5 nitrogen and oxygen atoms in total. The fourth-order valence-corrected chi connectivity index (χ4v) is 3.12. The molecule has 2 aromatic rings. The molecule has 0 aliphatic heterocycles. The van der Waals surface area contributed by atoms with Gasteiger partial charge in [0.15, 0.2) is 0 Å². The molecule has 1 fully saturated rings. The van der Waals surface area contributed by atoms with E-state index in [1.54, 1.807) is 0 Å². The summed E-state index contributed by atoms with van der Waals surface area (Å²) in [6.07, 6.45) is 4.78. The van der Waals surface area contributed by atoms with Crippen LogP contribution in [0.2, 0.25) is 0 Å². The highest BCUT2D eigenvalue weighted by Crippen LogP contribution is 2.37. The van der Waals surface area contributed by atoms with Gasteiger partial charge < -0.3 is 20.7 Å². The van der Waals surface area contributed by atoms with E-state index < -0.39 is 0 Å². The molecule has 0 saturated heterocycles. The van der Waals surface area contributed by atoms with E-state index in [1.165, 1.54) is 0 Å². The Labute approximate surface area is 123 Å². The molecule has 0 spiro atoms. The Balaban J connectivity index is 1.66. The molecular weight excluding hydrogens is 266 g/mol.